The fourth-order valence-electron chi connectivity index (χ4n) is 4.08. The van der Waals surface area contributed by atoms with Crippen LogP contribution in [0.2, 0.25) is 5.02 Å². The third kappa shape index (κ3) is 4.34. The highest BCUT2D eigenvalue weighted by Crippen LogP contribution is 2.32. The fraction of sp³-hybridized carbons (Fsp3) is 0.250. The topological polar surface area (TPSA) is 128 Å². The standard InChI is InChI=1S/C24H21ClN6O5/c1-13-28-29-24-23(26-12-21(34)36-31-19(32)9-10-20(31)33)27-22(14-3-5-15(25)6-4-14)17-11-16(35-2)7-8-18(17)30(13)24/h3-8,11,23,26H,9-10,12H2,1-2H3/t23-/m0/s1. The van der Waals surface area contributed by atoms with Crippen LogP contribution in [-0.4, -0.2) is 57.0 Å². The first kappa shape index (κ1) is 23.6. The molecule has 0 bridgehead atoms. The normalized spacial score (nSPS) is 16.8. The van der Waals surface area contributed by atoms with E-state index in [-0.39, 0.29) is 19.4 Å². The molecule has 5 rings (SSSR count). The number of hydroxylamine groups is 2. The van der Waals surface area contributed by atoms with Crippen molar-refractivity contribution in [1.29, 1.82) is 0 Å². The predicted molar refractivity (Wildman–Crippen MR) is 128 cm³/mol. The van der Waals surface area contributed by atoms with Gasteiger partial charge in [-0.3, -0.25) is 24.5 Å². The van der Waals surface area contributed by atoms with E-state index in [0.29, 0.717) is 33.2 Å². The summed E-state index contributed by atoms with van der Waals surface area (Å²) in [6.07, 6.45) is -0.782. The number of carbonyl (C=O) groups is 3. The van der Waals surface area contributed by atoms with E-state index >= 15 is 0 Å². The van der Waals surface area contributed by atoms with Crippen molar-refractivity contribution in [3.8, 4) is 11.4 Å². The van der Waals surface area contributed by atoms with Crippen LogP contribution in [0.4, 0.5) is 0 Å². The second kappa shape index (κ2) is 9.51. The number of rotatable bonds is 6. The summed E-state index contributed by atoms with van der Waals surface area (Å²) in [5.41, 5.74) is 2.94. The van der Waals surface area contributed by atoms with E-state index in [1.165, 1.54) is 0 Å². The molecule has 0 spiro atoms. The van der Waals surface area contributed by atoms with Gasteiger partial charge in [0, 0.05) is 29.0 Å². The SMILES string of the molecule is COc1ccc2c(c1)C(c1ccc(Cl)cc1)=N[C@H](NCC(=O)ON1C(=O)CCC1=O)c1nnc(C)n1-2. The quantitative estimate of drug-likeness (QED) is 0.502. The molecule has 1 fully saturated rings. The smallest absolute Gasteiger partial charge is 0.346 e. The summed E-state index contributed by atoms with van der Waals surface area (Å²) in [4.78, 5) is 45.9. The Morgan fingerprint density at radius 3 is 2.53 bits per heavy atom. The number of imide groups is 1. The van der Waals surface area contributed by atoms with Crippen LogP contribution >= 0.6 is 11.6 Å². The third-order valence-electron chi connectivity index (χ3n) is 5.81. The van der Waals surface area contributed by atoms with Gasteiger partial charge in [0.2, 0.25) is 0 Å². The number of aryl methyl sites for hydroxylation is 1. The van der Waals surface area contributed by atoms with Gasteiger partial charge in [-0.15, -0.1) is 15.3 Å². The highest BCUT2D eigenvalue weighted by atomic mass is 35.5. The molecule has 1 aromatic heterocycles. The summed E-state index contributed by atoms with van der Waals surface area (Å²) in [6, 6.07) is 12.8. The summed E-state index contributed by atoms with van der Waals surface area (Å²) in [5, 5.41) is 12.6. The van der Waals surface area contributed by atoms with Gasteiger partial charge in [-0.1, -0.05) is 23.7 Å². The number of nitrogens with zero attached hydrogens (tertiary/aromatic N) is 5. The zero-order valence-corrected chi connectivity index (χ0v) is 20.2. The van der Waals surface area contributed by atoms with Crippen molar-refractivity contribution in [2.75, 3.05) is 13.7 Å². The monoisotopic (exact) mass is 508 g/mol. The first-order valence-electron chi connectivity index (χ1n) is 11.1. The van der Waals surface area contributed by atoms with Crippen molar-refractivity contribution in [3.05, 3.63) is 70.3 Å². The van der Waals surface area contributed by atoms with Gasteiger partial charge in [0.05, 0.1) is 25.1 Å². The Hall–Kier alpha value is -4.09. The Labute approximate surface area is 210 Å². The predicted octanol–water partition coefficient (Wildman–Crippen LogP) is 2.28. The van der Waals surface area contributed by atoms with E-state index < -0.39 is 23.9 Å². The maximum atomic E-state index is 12.5. The Morgan fingerprint density at radius 2 is 1.83 bits per heavy atom. The highest BCUT2D eigenvalue weighted by Gasteiger charge is 2.34. The Bertz CT molecular complexity index is 1380. The van der Waals surface area contributed by atoms with E-state index in [1.54, 1.807) is 19.2 Å². The number of ether oxygens (including phenoxy) is 1. The number of methoxy groups -OCH3 is 1. The minimum atomic E-state index is -0.812. The zero-order chi connectivity index (χ0) is 25.4. The number of benzene rings is 2. The molecule has 3 heterocycles. The van der Waals surface area contributed by atoms with Crippen LogP contribution in [0, 0.1) is 6.92 Å². The number of hydrogen-bond donors (Lipinski definition) is 1. The second-order valence-corrected chi connectivity index (χ2v) is 8.57. The van der Waals surface area contributed by atoms with E-state index in [1.807, 2.05) is 41.8 Å². The molecule has 2 aromatic carbocycles. The van der Waals surface area contributed by atoms with E-state index in [0.717, 1.165) is 16.8 Å². The molecule has 12 heteroatoms. The number of nitrogens with one attached hydrogen (secondary N) is 1. The van der Waals surface area contributed by atoms with Gasteiger partial charge >= 0.3 is 5.97 Å². The molecule has 1 N–H and O–H groups in total. The Morgan fingerprint density at radius 1 is 1.11 bits per heavy atom. The lowest BCUT2D eigenvalue weighted by Crippen LogP contribution is -2.37. The Kier molecular flexibility index (Phi) is 6.25. The van der Waals surface area contributed by atoms with Gasteiger partial charge in [0.15, 0.2) is 12.0 Å². The lowest BCUT2D eigenvalue weighted by atomic mass is 10.00. The van der Waals surface area contributed by atoms with Crippen LogP contribution in [0.15, 0.2) is 47.5 Å². The number of fused-ring (bicyclic) bond motifs is 3. The van der Waals surface area contributed by atoms with Gasteiger partial charge < -0.3 is 9.57 Å². The minimum absolute atomic E-state index is 0.0149. The Balaban J connectivity index is 1.53. The molecular formula is C24H21ClN6O5. The molecule has 184 valence electrons. The minimum Gasteiger partial charge on any atom is -0.497 e. The summed E-state index contributed by atoms with van der Waals surface area (Å²) >= 11 is 6.11. The molecule has 1 atom stereocenters. The van der Waals surface area contributed by atoms with Crippen LogP contribution in [0.1, 0.15) is 41.8 Å². The largest absolute Gasteiger partial charge is 0.497 e. The lowest BCUT2D eigenvalue weighted by Gasteiger charge is -2.16. The maximum Gasteiger partial charge on any atom is 0.346 e. The van der Waals surface area contributed by atoms with Crippen molar-refractivity contribution in [2.45, 2.75) is 25.9 Å². The van der Waals surface area contributed by atoms with Gasteiger partial charge in [0.25, 0.3) is 11.8 Å². The summed E-state index contributed by atoms with van der Waals surface area (Å²) < 4.78 is 7.30. The molecule has 3 aromatic rings. The van der Waals surface area contributed by atoms with Crippen LogP contribution in [0.5, 0.6) is 5.75 Å². The molecule has 36 heavy (non-hydrogen) atoms. The van der Waals surface area contributed by atoms with Gasteiger partial charge in [-0.2, -0.15) is 0 Å². The van der Waals surface area contributed by atoms with E-state index in [2.05, 4.69) is 15.5 Å². The van der Waals surface area contributed by atoms with Crippen LogP contribution in [0.25, 0.3) is 5.69 Å². The first-order chi connectivity index (χ1) is 17.4. The molecule has 11 nitrogen and oxygen atoms in total. The number of carbonyl (C=O) groups excluding carboxylic acids is 3. The molecule has 1 saturated heterocycles. The number of hydrogen-bond acceptors (Lipinski definition) is 9. The summed E-state index contributed by atoms with van der Waals surface area (Å²) in [5.74, 6) is -0.211. The number of aliphatic imine (C=N–C) groups is 1. The number of aromatic nitrogens is 3. The molecule has 0 unspecified atom stereocenters. The van der Waals surface area contributed by atoms with E-state index in [9.17, 15) is 14.4 Å². The molecule has 0 saturated carbocycles. The maximum absolute atomic E-state index is 12.5. The van der Waals surface area contributed by atoms with Crippen LogP contribution in [0.3, 0.4) is 0 Å². The molecule has 0 radical (unpaired) electrons. The van der Waals surface area contributed by atoms with Crippen molar-refractivity contribution >= 4 is 35.1 Å². The van der Waals surface area contributed by atoms with Crippen LogP contribution < -0.4 is 10.1 Å². The summed E-state index contributed by atoms with van der Waals surface area (Å²) in [7, 11) is 1.58. The molecule has 2 aliphatic rings. The first-order valence-corrected chi connectivity index (χ1v) is 11.5. The average Bonchev–Trinajstić information content (AvgIpc) is 3.36. The zero-order valence-electron chi connectivity index (χ0n) is 19.4. The van der Waals surface area contributed by atoms with Crippen molar-refractivity contribution in [3.63, 3.8) is 0 Å². The molecular weight excluding hydrogens is 488 g/mol. The van der Waals surface area contributed by atoms with Gasteiger partial charge in [-0.05, 0) is 37.3 Å². The van der Waals surface area contributed by atoms with Gasteiger partial charge in [-0.25, -0.2) is 4.79 Å². The fourth-order valence-corrected chi connectivity index (χ4v) is 4.21. The third-order valence-corrected chi connectivity index (χ3v) is 6.06. The van der Waals surface area contributed by atoms with Crippen molar-refractivity contribution in [2.24, 2.45) is 4.99 Å². The highest BCUT2D eigenvalue weighted by molar-refractivity contribution is 6.30. The molecule has 2 amide bonds. The lowest BCUT2D eigenvalue weighted by molar-refractivity contribution is -0.196. The van der Waals surface area contributed by atoms with Crippen LogP contribution in [-0.2, 0) is 19.2 Å². The van der Waals surface area contributed by atoms with Crippen molar-refractivity contribution < 1.29 is 24.0 Å². The van der Waals surface area contributed by atoms with Gasteiger partial charge in [0.1, 0.15) is 11.6 Å². The average molecular weight is 509 g/mol. The molecule has 0 aliphatic carbocycles. The van der Waals surface area contributed by atoms with E-state index in [4.69, 9.17) is 26.2 Å². The second-order valence-electron chi connectivity index (χ2n) is 8.14. The molecule has 2 aliphatic heterocycles. The van der Waals surface area contributed by atoms with Crippen molar-refractivity contribution in [1.82, 2.24) is 25.1 Å². The number of halogens is 1. The number of amides is 2. The summed E-state index contributed by atoms with van der Waals surface area (Å²) in [6.45, 7) is 1.47.